The molecule has 2 rings (SSSR count). The fourth-order valence-corrected chi connectivity index (χ4v) is 1.89. The van der Waals surface area contributed by atoms with E-state index in [1.165, 1.54) is 11.1 Å². The zero-order valence-electron chi connectivity index (χ0n) is 11.1. The van der Waals surface area contributed by atoms with Crippen LogP contribution in [0, 0.1) is 18.3 Å². The Balaban J connectivity index is 2.24. The van der Waals surface area contributed by atoms with E-state index in [0.717, 1.165) is 12.4 Å². The molecule has 4 nitrogen and oxygen atoms in total. The summed E-state index contributed by atoms with van der Waals surface area (Å²) in [5.41, 5.74) is 8.84. The smallest absolute Gasteiger partial charge is 0.165 e. The number of nitrogens with zero attached hydrogens (tertiary/aromatic N) is 3. The third kappa shape index (κ3) is 2.83. The molecule has 1 heterocycles. The van der Waals surface area contributed by atoms with E-state index in [1.54, 1.807) is 6.07 Å². The number of benzene rings is 1. The maximum Gasteiger partial charge on any atom is 0.165 e. The lowest BCUT2D eigenvalue weighted by Crippen LogP contribution is -2.18. The molecule has 0 unspecified atom stereocenters. The highest BCUT2D eigenvalue weighted by atomic mass is 15.2. The maximum atomic E-state index is 8.95. The summed E-state index contributed by atoms with van der Waals surface area (Å²) in [4.78, 5) is 6.26. The molecule has 0 radical (unpaired) electrons. The monoisotopic (exact) mass is 252 g/mol. The molecule has 0 fully saturated rings. The van der Waals surface area contributed by atoms with Gasteiger partial charge in [-0.1, -0.05) is 24.3 Å². The average Bonchev–Trinajstić information content (AvgIpc) is 2.42. The van der Waals surface area contributed by atoms with E-state index in [2.05, 4.69) is 24.0 Å². The number of pyridine rings is 1. The highest BCUT2D eigenvalue weighted by molar-refractivity contribution is 5.55. The van der Waals surface area contributed by atoms with Crippen LogP contribution < -0.4 is 10.6 Å². The van der Waals surface area contributed by atoms with Gasteiger partial charge in [0.05, 0.1) is 5.69 Å². The summed E-state index contributed by atoms with van der Waals surface area (Å²) in [6.07, 6.45) is 0. The van der Waals surface area contributed by atoms with Crippen LogP contribution in [0.1, 0.15) is 16.8 Å². The molecule has 0 aliphatic heterocycles. The molecule has 0 spiro atoms. The van der Waals surface area contributed by atoms with Crippen molar-refractivity contribution >= 4 is 11.5 Å². The molecule has 0 aliphatic rings. The highest BCUT2D eigenvalue weighted by Crippen LogP contribution is 2.18. The Morgan fingerprint density at radius 3 is 2.68 bits per heavy atom. The molecule has 4 heteroatoms. The summed E-state index contributed by atoms with van der Waals surface area (Å²) in [6, 6.07) is 13.8. The molecule has 19 heavy (non-hydrogen) atoms. The SMILES string of the molecule is Cc1ccccc1CN(C)c1ccc(N)c(C#N)n1. The van der Waals surface area contributed by atoms with Crippen molar-refractivity contribution in [1.29, 1.82) is 5.26 Å². The van der Waals surface area contributed by atoms with Crippen LogP contribution in [0.25, 0.3) is 0 Å². The van der Waals surface area contributed by atoms with E-state index < -0.39 is 0 Å². The van der Waals surface area contributed by atoms with Crippen LogP contribution in [0.4, 0.5) is 11.5 Å². The molecule has 0 saturated carbocycles. The van der Waals surface area contributed by atoms with E-state index in [4.69, 9.17) is 11.0 Å². The summed E-state index contributed by atoms with van der Waals surface area (Å²) in [5.74, 6) is 0.744. The van der Waals surface area contributed by atoms with Gasteiger partial charge in [-0.25, -0.2) is 4.98 Å². The first kappa shape index (κ1) is 12.9. The molecule has 0 aliphatic carbocycles. The first-order chi connectivity index (χ1) is 9.11. The summed E-state index contributed by atoms with van der Waals surface area (Å²) >= 11 is 0. The number of hydrogen-bond acceptors (Lipinski definition) is 4. The minimum Gasteiger partial charge on any atom is -0.396 e. The lowest BCUT2D eigenvalue weighted by atomic mass is 10.1. The summed E-state index contributed by atoms with van der Waals surface area (Å²) < 4.78 is 0. The Morgan fingerprint density at radius 2 is 2.00 bits per heavy atom. The van der Waals surface area contributed by atoms with Crippen LogP contribution in [0.15, 0.2) is 36.4 Å². The number of nitriles is 1. The number of nitrogens with two attached hydrogens (primary N) is 1. The molecular weight excluding hydrogens is 236 g/mol. The summed E-state index contributed by atoms with van der Waals surface area (Å²) in [5, 5.41) is 8.95. The van der Waals surface area contributed by atoms with Gasteiger partial charge in [0, 0.05) is 13.6 Å². The van der Waals surface area contributed by atoms with E-state index in [1.807, 2.05) is 36.2 Å². The summed E-state index contributed by atoms with van der Waals surface area (Å²) in [7, 11) is 1.95. The fourth-order valence-electron chi connectivity index (χ4n) is 1.89. The Kier molecular flexibility index (Phi) is 3.67. The van der Waals surface area contributed by atoms with Gasteiger partial charge in [-0.15, -0.1) is 0 Å². The van der Waals surface area contributed by atoms with E-state index >= 15 is 0 Å². The molecule has 2 aromatic rings. The van der Waals surface area contributed by atoms with Crippen LogP contribution >= 0.6 is 0 Å². The van der Waals surface area contributed by atoms with Crippen molar-refractivity contribution in [2.45, 2.75) is 13.5 Å². The number of rotatable bonds is 3. The van der Waals surface area contributed by atoms with Crippen molar-refractivity contribution < 1.29 is 0 Å². The minimum absolute atomic E-state index is 0.272. The normalized spacial score (nSPS) is 9.95. The Hall–Kier alpha value is -2.54. The molecule has 0 saturated heterocycles. The number of aryl methyl sites for hydroxylation is 1. The number of nitrogen functional groups attached to an aromatic ring is 1. The Bertz CT molecular complexity index is 628. The van der Waals surface area contributed by atoms with Crippen molar-refractivity contribution in [2.24, 2.45) is 0 Å². The summed E-state index contributed by atoms with van der Waals surface area (Å²) in [6.45, 7) is 2.83. The quantitative estimate of drug-likeness (QED) is 0.911. The molecule has 1 aromatic heterocycles. The predicted molar refractivity (Wildman–Crippen MR) is 76.7 cm³/mol. The van der Waals surface area contributed by atoms with Crippen LogP contribution in [0.3, 0.4) is 0 Å². The number of hydrogen-bond donors (Lipinski definition) is 1. The third-order valence-corrected chi connectivity index (χ3v) is 3.08. The Morgan fingerprint density at radius 1 is 1.26 bits per heavy atom. The van der Waals surface area contributed by atoms with Crippen molar-refractivity contribution in [2.75, 3.05) is 17.7 Å². The fraction of sp³-hybridized carbons (Fsp3) is 0.200. The topological polar surface area (TPSA) is 65.9 Å². The molecule has 0 bridgehead atoms. The standard InChI is InChI=1S/C15H16N4/c1-11-5-3-4-6-12(11)10-19(2)15-8-7-13(17)14(9-16)18-15/h3-8H,10,17H2,1-2H3. The highest BCUT2D eigenvalue weighted by Gasteiger charge is 2.08. The Labute approximate surface area is 113 Å². The number of anilines is 2. The van der Waals surface area contributed by atoms with Gasteiger partial charge in [0.25, 0.3) is 0 Å². The number of aromatic nitrogens is 1. The van der Waals surface area contributed by atoms with Crippen LogP contribution in [-0.4, -0.2) is 12.0 Å². The van der Waals surface area contributed by atoms with E-state index in [9.17, 15) is 0 Å². The van der Waals surface area contributed by atoms with Gasteiger partial charge in [-0.2, -0.15) is 5.26 Å². The predicted octanol–water partition coefficient (Wildman–Crippen LogP) is 2.48. The van der Waals surface area contributed by atoms with Crippen molar-refractivity contribution in [3.63, 3.8) is 0 Å². The van der Waals surface area contributed by atoms with Gasteiger partial charge in [0.1, 0.15) is 11.9 Å². The molecule has 1 aromatic carbocycles. The van der Waals surface area contributed by atoms with E-state index in [0.29, 0.717) is 5.69 Å². The van der Waals surface area contributed by atoms with Crippen molar-refractivity contribution in [1.82, 2.24) is 4.98 Å². The largest absolute Gasteiger partial charge is 0.396 e. The zero-order valence-corrected chi connectivity index (χ0v) is 11.1. The van der Waals surface area contributed by atoms with Gasteiger partial charge in [0.2, 0.25) is 0 Å². The second-order valence-electron chi connectivity index (χ2n) is 4.50. The first-order valence-electron chi connectivity index (χ1n) is 6.04. The first-order valence-corrected chi connectivity index (χ1v) is 6.04. The molecular formula is C15H16N4. The zero-order chi connectivity index (χ0) is 13.8. The molecule has 0 amide bonds. The lowest BCUT2D eigenvalue weighted by Gasteiger charge is -2.19. The third-order valence-electron chi connectivity index (χ3n) is 3.08. The molecule has 2 N–H and O–H groups in total. The van der Waals surface area contributed by atoms with Gasteiger partial charge in [-0.05, 0) is 30.2 Å². The second kappa shape index (κ2) is 5.40. The van der Waals surface area contributed by atoms with Crippen molar-refractivity contribution in [3.8, 4) is 6.07 Å². The maximum absolute atomic E-state index is 8.95. The van der Waals surface area contributed by atoms with Crippen LogP contribution in [0.5, 0.6) is 0 Å². The van der Waals surface area contributed by atoms with Crippen molar-refractivity contribution in [3.05, 3.63) is 53.2 Å². The van der Waals surface area contributed by atoms with Crippen LogP contribution in [0.2, 0.25) is 0 Å². The minimum atomic E-state index is 0.272. The second-order valence-corrected chi connectivity index (χ2v) is 4.50. The van der Waals surface area contributed by atoms with E-state index in [-0.39, 0.29) is 5.69 Å². The van der Waals surface area contributed by atoms with Gasteiger partial charge in [0.15, 0.2) is 5.69 Å². The van der Waals surface area contributed by atoms with Gasteiger partial charge >= 0.3 is 0 Å². The lowest BCUT2D eigenvalue weighted by molar-refractivity contribution is 0.889. The van der Waals surface area contributed by atoms with Gasteiger partial charge in [-0.3, -0.25) is 0 Å². The average molecular weight is 252 g/mol. The molecule has 0 atom stereocenters. The van der Waals surface area contributed by atoms with Crippen LogP contribution in [-0.2, 0) is 6.54 Å². The molecule has 96 valence electrons. The van der Waals surface area contributed by atoms with Gasteiger partial charge < -0.3 is 10.6 Å².